The van der Waals surface area contributed by atoms with E-state index in [-0.39, 0.29) is 30.0 Å². The first-order chi connectivity index (χ1) is 13.6. The van der Waals surface area contributed by atoms with E-state index in [1.165, 1.54) is 6.07 Å². The van der Waals surface area contributed by atoms with Crippen LogP contribution in [-0.4, -0.2) is 59.3 Å². The average Bonchev–Trinajstić information content (AvgIpc) is 3.09. The predicted octanol–water partition coefficient (Wildman–Crippen LogP) is 1.92. The van der Waals surface area contributed by atoms with Crippen LogP contribution in [0.2, 0.25) is 0 Å². The van der Waals surface area contributed by atoms with Crippen LogP contribution in [0.3, 0.4) is 0 Å². The van der Waals surface area contributed by atoms with Gasteiger partial charge in [-0.15, -0.1) is 0 Å². The molecule has 6 nitrogen and oxygen atoms in total. The molecule has 2 aromatic rings. The average molecular weight is 382 g/mol. The fourth-order valence-corrected chi connectivity index (χ4v) is 3.94. The zero-order valence-corrected chi connectivity index (χ0v) is 15.6. The summed E-state index contributed by atoms with van der Waals surface area (Å²) in [5.74, 6) is -0.513. The Morgan fingerprint density at radius 2 is 1.89 bits per heavy atom. The summed E-state index contributed by atoms with van der Waals surface area (Å²) in [7, 11) is 0. The van der Waals surface area contributed by atoms with E-state index < -0.39 is 0 Å². The number of carbonyl (C=O) groups is 2. The molecule has 0 spiro atoms. The van der Waals surface area contributed by atoms with Crippen LogP contribution in [0, 0.1) is 11.7 Å². The molecule has 0 bridgehead atoms. The SMILES string of the molecule is O=C1CC(C(=O)N2CCN(c3ccccc3F)CC2)CN1Cc1cccnc1. The van der Waals surface area contributed by atoms with Crippen LogP contribution in [0.1, 0.15) is 12.0 Å². The van der Waals surface area contributed by atoms with Crippen LogP contribution in [0.5, 0.6) is 0 Å². The number of aromatic nitrogens is 1. The van der Waals surface area contributed by atoms with Gasteiger partial charge in [-0.1, -0.05) is 18.2 Å². The standard InChI is InChI=1S/C21H23FN4O2/c22-18-5-1-2-6-19(18)24-8-10-25(11-9-24)21(28)17-12-20(27)26(15-17)14-16-4-3-7-23-13-16/h1-7,13,17H,8-12,14-15H2. The third-order valence-electron chi connectivity index (χ3n) is 5.44. The van der Waals surface area contributed by atoms with Crippen LogP contribution in [0.25, 0.3) is 0 Å². The largest absolute Gasteiger partial charge is 0.366 e. The Morgan fingerprint density at radius 3 is 2.61 bits per heavy atom. The first-order valence-electron chi connectivity index (χ1n) is 9.57. The first kappa shape index (κ1) is 18.4. The van der Waals surface area contributed by atoms with Gasteiger partial charge in [0.2, 0.25) is 11.8 Å². The minimum Gasteiger partial charge on any atom is -0.366 e. The number of piperazine rings is 1. The molecule has 2 aliphatic heterocycles. The molecule has 28 heavy (non-hydrogen) atoms. The number of hydrogen-bond acceptors (Lipinski definition) is 4. The van der Waals surface area contributed by atoms with Crippen molar-refractivity contribution < 1.29 is 14.0 Å². The molecular weight excluding hydrogens is 359 g/mol. The van der Waals surface area contributed by atoms with Crippen molar-refractivity contribution >= 4 is 17.5 Å². The lowest BCUT2D eigenvalue weighted by Gasteiger charge is -2.37. The van der Waals surface area contributed by atoms with Crippen molar-refractivity contribution in [2.45, 2.75) is 13.0 Å². The van der Waals surface area contributed by atoms with Gasteiger partial charge in [0, 0.05) is 58.1 Å². The molecule has 0 N–H and O–H groups in total. The zero-order valence-electron chi connectivity index (χ0n) is 15.6. The normalized spacial score (nSPS) is 20.0. The summed E-state index contributed by atoms with van der Waals surface area (Å²) in [5, 5.41) is 0. The molecular formula is C21H23FN4O2. The van der Waals surface area contributed by atoms with Crippen molar-refractivity contribution in [3.8, 4) is 0 Å². The van der Waals surface area contributed by atoms with Crippen molar-refractivity contribution in [2.24, 2.45) is 5.92 Å². The number of para-hydroxylation sites is 1. The van der Waals surface area contributed by atoms with E-state index in [0.29, 0.717) is 45.0 Å². The third-order valence-corrected chi connectivity index (χ3v) is 5.44. The Morgan fingerprint density at radius 1 is 1.11 bits per heavy atom. The maximum absolute atomic E-state index is 14.0. The molecule has 1 unspecified atom stereocenters. The van der Waals surface area contributed by atoms with Gasteiger partial charge in [-0.3, -0.25) is 14.6 Å². The van der Waals surface area contributed by atoms with Crippen molar-refractivity contribution in [1.29, 1.82) is 0 Å². The number of halogens is 1. The highest BCUT2D eigenvalue weighted by Crippen LogP contribution is 2.24. The van der Waals surface area contributed by atoms with Gasteiger partial charge in [0.05, 0.1) is 11.6 Å². The second kappa shape index (κ2) is 7.96. The topological polar surface area (TPSA) is 56.8 Å². The molecule has 2 amide bonds. The van der Waals surface area contributed by atoms with E-state index in [1.807, 2.05) is 28.0 Å². The van der Waals surface area contributed by atoms with Crippen LogP contribution in [-0.2, 0) is 16.1 Å². The predicted molar refractivity (Wildman–Crippen MR) is 103 cm³/mol. The van der Waals surface area contributed by atoms with E-state index in [4.69, 9.17) is 0 Å². The van der Waals surface area contributed by atoms with Gasteiger partial charge >= 0.3 is 0 Å². The van der Waals surface area contributed by atoms with Gasteiger partial charge in [-0.05, 0) is 23.8 Å². The molecule has 1 aromatic heterocycles. The molecule has 146 valence electrons. The number of nitrogens with zero attached hydrogens (tertiary/aromatic N) is 4. The summed E-state index contributed by atoms with van der Waals surface area (Å²) in [6.45, 7) is 3.19. The monoisotopic (exact) mass is 382 g/mol. The molecule has 0 aliphatic carbocycles. The van der Waals surface area contributed by atoms with E-state index in [9.17, 15) is 14.0 Å². The Kier molecular flexibility index (Phi) is 5.23. The smallest absolute Gasteiger partial charge is 0.228 e. The van der Waals surface area contributed by atoms with Gasteiger partial charge in [0.25, 0.3) is 0 Å². The van der Waals surface area contributed by atoms with Gasteiger partial charge < -0.3 is 14.7 Å². The lowest BCUT2D eigenvalue weighted by Crippen LogP contribution is -2.50. The van der Waals surface area contributed by atoms with Crippen molar-refractivity contribution in [2.75, 3.05) is 37.6 Å². The number of hydrogen-bond donors (Lipinski definition) is 0. The highest BCUT2D eigenvalue weighted by atomic mass is 19.1. The highest BCUT2D eigenvalue weighted by Gasteiger charge is 2.37. The van der Waals surface area contributed by atoms with Crippen molar-refractivity contribution in [3.63, 3.8) is 0 Å². The molecule has 0 radical (unpaired) electrons. The third kappa shape index (κ3) is 3.83. The van der Waals surface area contributed by atoms with Crippen molar-refractivity contribution in [3.05, 3.63) is 60.2 Å². The van der Waals surface area contributed by atoms with Crippen LogP contribution in [0.15, 0.2) is 48.8 Å². The highest BCUT2D eigenvalue weighted by molar-refractivity contribution is 5.89. The fourth-order valence-electron chi connectivity index (χ4n) is 3.94. The number of anilines is 1. The molecule has 3 heterocycles. The first-order valence-corrected chi connectivity index (χ1v) is 9.57. The summed E-state index contributed by atoms with van der Waals surface area (Å²) < 4.78 is 14.0. The lowest BCUT2D eigenvalue weighted by molar-refractivity contribution is -0.136. The summed E-state index contributed by atoms with van der Waals surface area (Å²) in [6, 6.07) is 10.5. The van der Waals surface area contributed by atoms with E-state index in [2.05, 4.69) is 4.98 Å². The molecule has 1 aromatic carbocycles. The number of likely N-dealkylation sites (tertiary alicyclic amines) is 1. The second-order valence-corrected chi connectivity index (χ2v) is 7.30. The molecule has 1 atom stereocenters. The number of benzene rings is 1. The zero-order chi connectivity index (χ0) is 19.5. The van der Waals surface area contributed by atoms with Gasteiger partial charge in [-0.2, -0.15) is 0 Å². The molecule has 4 rings (SSSR count). The number of pyridine rings is 1. The molecule has 0 saturated carbocycles. The Bertz CT molecular complexity index is 852. The second-order valence-electron chi connectivity index (χ2n) is 7.30. The summed E-state index contributed by atoms with van der Waals surface area (Å²) in [5.41, 5.74) is 1.54. The number of amides is 2. The Balaban J connectivity index is 1.33. The van der Waals surface area contributed by atoms with Crippen LogP contribution in [0.4, 0.5) is 10.1 Å². The number of carbonyl (C=O) groups excluding carboxylic acids is 2. The van der Waals surface area contributed by atoms with Gasteiger partial charge in [0.1, 0.15) is 5.82 Å². The Labute approximate surface area is 163 Å². The van der Waals surface area contributed by atoms with E-state index in [0.717, 1.165) is 5.56 Å². The summed E-state index contributed by atoms with van der Waals surface area (Å²) in [6.07, 6.45) is 3.69. The maximum Gasteiger partial charge on any atom is 0.228 e. The summed E-state index contributed by atoms with van der Waals surface area (Å²) >= 11 is 0. The van der Waals surface area contributed by atoms with Crippen LogP contribution >= 0.6 is 0 Å². The minimum absolute atomic E-state index is 0.00666. The van der Waals surface area contributed by atoms with Crippen LogP contribution < -0.4 is 4.90 Å². The Hall–Kier alpha value is -2.96. The molecule has 7 heteroatoms. The van der Waals surface area contributed by atoms with Crippen molar-refractivity contribution in [1.82, 2.24) is 14.8 Å². The minimum atomic E-state index is -0.302. The quantitative estimate of drug-likeness (QED) is 0.811. The molecule has 2 saturated heterocycles. The van der Waals surface area contributed by atoms with Gasteiger partial charge in [-0.25, -0.2) is 4.39 Å². The summed E-state index contributed by atoms with van der Waals surface area (Å²) in [4.78, 5) is 34.8. The number of rotatable bonds is 4. The fraction of sp³-hybridized carbons (Fsp3) is 0.381. The van der Waals surface area contributed by atoms with Gasteiger partial charge in [0.15, 0.2) is 0 Å². The lowest BCUT2D eigenvalue weighted by atomic mass is 10.1. The maximum atomic E-state index is 14.0. The molecule has 2 fully saturated rings. The van der Waals surface area contributed by atoms with E-state index in [1.54, 1.807) is 29.4 Å². The van der Waals surface area contributed by atoms with E-state index >= 15 is 0 Å². The molecule has 2 aliphatic rings.